The fourth-order valence-electron chi connectivity index (χ4n) is 2.14. The van der Waals surface area contributed by atoms with Gasteiger partial charge in [-0.3, -0.25) is 0 Å². The Balaban J connectivity index is 1.30. The van der Waals surface area contributed by atoms with Crippen LogP contribution in [0.4, 0.5) is 9.52 Å². The summed E-state index contributed by atoms with van der Waals surface area (Å²) in [5.41, 5.74) is 1.98. The molecule has 4 rings (SSSR count). The Morgan fingerprint density at radius 3 is 2.85 bits per heavy atom. The fraction of sp³-hybridized carbons (Fsp3) is 0.118. The van der Waals surface area contributed by atoms with Crippen LogP contribution in [0.3, 0.4) is 0 Å². The molecule has 3 heterocycles. The van der Waals surface area contributed by atoms with Crippen molar-refractivity contribution in [3.8, 4) is 10.8 Å². The van der Waals surface area contributed by atoms with Crippen molar-refractivity contribution in [2.75, 3.05) is 5.32 Å². The van der Waals surface area contributed by atoms with Crippen molar-refractivity contribution in [3.63, 3.8) is 0 Å². The number of hydrogen-bond donors (Lipinski definition) is 1. The Morgan fingerprint density at radius 2 is 2.04 bits per heavy atom. The summed E-state index contributed by atoms with van der Waals surface area (Å²) in [7, 11) is 0. The van der Waals surface area contributed by atoms with Crippen LogP contribution in [0.5, 0.6) is 0 Å². The first-order chi connectivity index (χ1) is 12.8. The Bertz CT molecular complexity index is 966. The number of thiazole rings is 1. The van der Waals surface area contributed by atoms with Gasteiger partial charge in [-0.2, -0.15) is 0 Å². The van der Waals surface area contributed by atoms with Crippen molar-refractivity contribution in [2.45, 2.75) is 16.6 Å². The van der Waals surface area contributed by atoms with Gasteiger partial charge in [0.25, 0.3) is 0 Å². The van der Waals surface area contributed by atoms with E-state index in [1.807, 2.05) is 17.5 Å². The standard InChI is InChI=1S/C17H13FN4OS3/c18-12-5-3-11(4-6-12)8-19-16-21-22-17(26-16)25-10-13-9-24-15(20-13)14-2-1-7-23-14/h1-7,9H,8,10H2,(H,19,21). The Morgan fingerprint density at radius 1 is 1.15 bits per heavy atom. The van der Waals surface area contributed by atoms with E-state index in [4.69, 9.17) is 4.42 Å². The van der Waals surface area contributed by atoms with Gasteiger partial charge in [0, 0.05) is 17.7 Å². The van der Waals surface area contributed by atoms with Gasteiger partial charge in [0.1, 0.15) is 5.82 Å². The molecule has 3 aromatic heterocycles. The summed E-state index contributed by atoms with van der Waals surface area (Å²) < 4.78 is 19.1. The molecule has 0 spiro atoms. The van der Waals surface area contributed by atoms with E-state index in [2.05, 4.69) is 20.5 Å². The molecule has 0 aliphatic carbocycles. The largest absolute Gasteiger partial charge is 0.462 e. The van der Waals surface area contributed by atoms with Crippen molar-refractivity contribution in [1.82, 2.24) is 15.2 Å². The lowest BCUT2D eigenvalue weighted by molar-refractivity contribution is 0.581. The summed E-state index contributed by atoms with van der Waals surface area (Å²) in [6.07, 6.45) is 1.65. The molecular formula is C17H13FN4OS3. The molecule has 0 amide bonds. The highest BCUT2D eigenvalue weighted by molar-refractivity contribution is 8.00. The van der Waals surface area contributed by atoms with Crippen LogP contribution in [0, 0.1) is 5.82 Å². The second-order valence-corrected chi connectivity index (χ2v) is 8.32. The second-order valence-electron chi connectivity index (χ2n) is 5.26. The van der Waals surface area contributed by atoms with Gasteiger partial charge >= 0.3 is 0 Å². The number of hydrogen-bond acceptors (Lipinski definition) is 8. The summed E-state index contributed by atoms with van der Waals surface area (Å²) in [4.78, 5) is 4.57. The van der Waals surface area contributed by atoms with Gasteiger partial charge in [-0.15, -0.1) is 21.5 Å². The van der Waals surface area contributed by atoms with E-state index >= 15 is 0 Å². The predicted octanol–water partition coefficient (Wildman–Crippen LogP) is 5.30. The minimum atomic E-state index is -0.236. The molecule has 1 aromatic carbocycles. The summed E-state index contributed by atoms with van der Waals surface area (Å²) >= 11 is 4.65. The average Bonchev–Trinajstić information content (AvgIpc) is 3.40. The molecule has 0 saturated carbocycles. The number of anilines is 1. The van der Waals surface area contributed by atoms with Crippen LogP contribution in [-0.4, -0.2) is 15.2 Å². The van der Waals surface area contributed by atoms with Crippen LogP contribution in [-0.2, 0) is 12.3 Å². The SMILES string of the molecule is Fc1ccc(CNc2nnc(SCc3csc(-c4ccco4)n3)s2)cc1. The zero-order valence-corrected chi connectivity index (χ0v) is 15.8. The van der Waals surface area contributed by atoms with Crippen LogP contribution in [0.15, 0.2) is 56.8 Å². The van der Waals surface area contributed by atoms with Gasteiger partial charge in [-0.05, 0) is 29.8 Å². The third-order valence-corrected chi connectivity index (χ3v) is 6.34. The maximum Gasteiger partial charge on any atom is 0.206 e. The van der Waals surface area contributed by atoms with Crippen molar-refractivity contribution in [2.24, 2.45) is 0 Å². The van der Waals surface area contributed by atoms with Gasteiger partial charge in [-0.25, -0.2) is 9.37 Å². The molecule has 0 aliphatic heterocycles. The molecule has 9 heteroatoms. The highest BCUT2D eigenvalue weighted by Gasteiger charge is 2.09. The first-order valence-corrected chi connectivity index (χ1v) is 10.4. The van der Waals surface area contributed by atoms with Gasteiger partial charge in [0.2, 0.25) is 5.13 Å². The van der Waals surface area contributed by atoms with Crippen LogP contribution in [0.2, 0.25) is 0 Å². The number of thioether (sulfide) groups is 1. The van der Waals surface area contributed by atoms with Crippen molar-refractivity contribution >= 4 is 39.6 Å². The lowest BCUT2D eigenvalue weighted by Crippen LogP contribution is -1.98. The number of rotatable bonds is 7. The topological polar surface area (TPSA) is 63.8 Å². The quantitative estimate of drug-likeness (QED) is 0.422. The molecule has 26 heavy (non-hydrogen) atoms. The van der Waals surface area contributed by atoms with Crippen LogP contribution in [0.1, 0.15) is 11.3 Å². The number of aromatic nitrogens is 3. The number of halogens is 1. The average molecular weight is 405 g/mol. The molecular weight excluding hydrogens is 391 g/mol. The molecule has 1 N–H and O–H groups in total. The normalized spacial score (nSPS) is 11.0. The fourth-order valence-corrected chi connectivity index (χ4v) is 4.67. The molecule has 0 atom stereocenters. The Hall–Kier alpha value is -2.23. The third-order valence-electron chi connectivity index (χ3n) is 3.39. The third kappa shape index (κ3) is 4.29. The minimum Gasteiger partial charge on any atom is -0.462 e. The smallest absolute Gasteiger partial charge is 0.206 e. The van der Waals surface area contributed by atoms with E-state index in [1.165, 1.54) is 23.5 Å². The van der Waals surface area contributed by atoms with Crippen molar-refractivity contribution in [3.05, 3.63) is 65.1 Å². The van der Waals surface area contributed by atoms with E-state index in [-0.39, 0.29) is 5.82 Å². The Kier molecular flexibility index (Phi) is 5.28. The summed E-state index contributed by atoms with van der Waals surface area (Å²) in [5, 5.41) is 15.2. The lowest BCUT2D eigenvalue weighted by atomic mass is 10.2. The number of nitrogens with zero attached hydrogens (tertiary/aromatic N) is 3. The summed E-state index contributed by atoms with van der Waals surface area (Å²) in [6.45, 7) is 0.582. The maximum atomic E-state index is 12.9. The van der Waals surface area contributed by atoms with Gasteiger partial charge in [0.15, 0.2) is 15.1 Å². The maximum absolute atomic E-state index is 12.9. The number of furan rings is 1. The molecule has 0 fully saturated rings. The van der Waals surface area contributed by atoms with E-state index in [0.717, 1.165) is 37.2 Å². The van der Waals surface area contributed by atoms with E-state index in [0.29, 0.717) is 6.54 Å². The predicted molar refractivity (Wildman–Crippen MR) is 103 cm³/mol. The lowest BCUT2D eigenvalue weighted by Gasteiger charge is -2.01. The van der Waals surface area contributed by atoms with Crippen molar-refractivity contribution < 1.29 is 8.81 Å². The molecule has 0 aliphatic rings. The monoisotopic (exact) mass is 404 g/mol. The minimum absolute atomic E-state index is 0.236. The van der Waals surface area contributed by atoms with Crippen LogP contribution < -0.4 is 5.32 Å². The molecule has 0 unspecified atom stereocenters. The van der Waals surface area contributed by atoms with Gasteiger partial charge < -0.3 is 9.73 Å². The van der Waals surface area contributed by atoms with Gasteiger partial charge in [0.05, 0.1) is 12.0 Å². The molecule has 0 saturated heterocycles. The molecule has 132 valence electrons. The zero-order chi connectivity index (χ0) is 17.8. The molecule has 0 bridgehead atoms. The zero-order valence-electron chi connectivity index (χ0n) is 13.4. The van der Waals surface area contributed by atoms with E-state index in [1.54, 1.807) is 41.5 Å². The Labute approximate surface area is 161 Å². The molecule has 5 nitrogen and oxygen atoms in total. The number of nitrogens with one attached hydrogen (secondary N) is 1. The van der Waals surface area contributed by atoms with E-state index < -0.39 is 0 Å². The highest BCUT2D eigenvalue weighted by Crippen LogP contribution is 2.30. The van der Waals surface area contributed by atoms with Crippen LogP contribution >= 0.6 is 34.4 Å². The first-order valence-electron chi connectivity index (χ1n) is 7.69. The van der Waals surface area contributed by atoms with Crippen molar-refractivity contribution in [1.29, 1.82) is 0 Å². The first kappa shape index (κ1) is 17.2. The molecule has 0 radical (unpaired) electrons. The molecule has 4 aromatic rings. The van der Waals surface area contributed by atoms with E-state index in [9.17, 15) is 4.39 Å². The summed E-state index contributed by atoms with van der Waals surface area (Å²) in [5.74, 6) is 1.28. The van der Waals surface area contributed by atoms with Crippen LogP contribution in [0.25, 0.3) is 10.8 Å². The summed E-state index contributed by atoms with van der Waals surface area (Å²) in [6, 6.07) is 10.1. The number of benzene rings is 1. The second kappa shape index (κ2) is 7.98. The van der Waals surface area contributed by atoms with Gasteiger partial charge in [-0.1, -0.05) is 35.2 Å². The highest BCUT2D eigenvalue weighted by atomic mass is 32.2.